The average Bonchev–Trinajstić information content (AvgIpc) is 2.96. The molecule has 210 valence electrons. The lowest BCUT2D eigenvalue weighted by Crippen LogP contribution is -2.39. The number of nitrogens with one attached hydrogen (secondary N) is 1. The van der Waals surface area contributed by atoms with Crippen molar-refractivity contribution in [1.82, 2.24) is 9.99 Å². The van der Waals surface area contributed by atoms with Crippen molar-refractivity contribution in [2.24, 2.45) is 5.84 Å². The van der Waals surface area contributed by atoms with E-state index in [1.165, 1.54) is 18.3 Å². The molecule has 4 nitrogen and oxygen atoms in total. The molecule has 0 fully saturated rings. The van der Waals surface area contributed by atoms with Crippen molar-refractivity contribution < 1.29 is 22.0 Å². The van der Waals surface area contributed by atoms with Gasteiger partial charge in [0.1, 0.15) is 23.1 Å². The number of halogens is 5. The standard InChI is InChI=1S/C31H25F5N4S/c1-20-2-3-23(14-28(20)33)18-41-25-10-6-21(7-11-25)4-5-22-8-13-30(39-16-22)31(35,36)27(17-40(38)19-37)26-12-9-24(32)15-29(26)34/h2-3,6-16,19,27,37H,17-18,38H2,1H3. The van der Waals surface area contributed by atoms with Crippen LogP contribution in [-0.4, -0.2) is 22.9 Å². The van der Waals surface area contributed by atoms with Crippen molar-refractivity contribution in [2.75, 3.05) is 6.54 Å². The molecule has 0 amide bonds. The molecule has 0 saturated heterocycles. The molecular weight excluding hydrogens is 555 g/mol. The van der Waals surface area contributed by atoms with Gasteiger partial charge >= 0.3 is 0 Å². The third-order valence-corrected chi connectivity index (χ3v) is 7.37. The van der Waals surface area contributed by atoms with Gasteiger partial charge in [0.25, 0.3) is 5.92 Å². The number of benzene rings is 3. The van der Waals surface area contributed by atoms with Gasteiger partial charge in [0, 0.05) is 40.6 Å². The normalized spacial score (nSPS) is 11.9. The molecule has 1 unspecified atom stereocenters. The molecule has 4 rings (SSSR count). The van der Waals surface area contributed by atoms with Gasteiger partial charge < -0.3 is 5.01 Å². The van der Waals surface area contributed by atoms with Crippen LogP contribution >= 0.6 is 11.8 Å². The second-order valence-electron chi connectivity index (χ2n) is 9.25. The predicted octanol–water partition coefficient (Wildman–Crippen LogP) is 7.16. The first-order chi connectivity index (χ1) is 19.6. The number of aromatic nitrogens is 1. The van der Waals surface area contributed by atoms with Gasteiger partial charge in [-0.05, 0) is 72.1 Å². The lowest BCUT2D eigenvalue weighted by Gasteiger charge is -2.29. The summed E-state index contributed by atoms with van der Waals surface area (Å²) in [6, 6.07) is 17.4. The highest BCUT2D eigenvalue weighted by molar-refractivity contribution is 7.98. The molecule has 0 aliphatic rings. The van der Waals surface area contributed by atoms with Gasteiger partial charge in [0.05, 0.1) is 12.3 Å². The highest BCUT2D eigenvalue weighted by atomic mass is 32.2. The Bertz CT molecular complexity index is 1580. The summed E-state index contributed by atoms with van der Waals surface area (Å²) in [6.07, 6.45) is 1.82. The monoisotopic (exact) mass is 580 g/mol. The molecule has 3 N–H and O–H groups in total. The minimum Gasteiger partial charge on any atom is -0.301 e. The van der Waals surface area contributed by atoms with Gasteiger partial charge in [-0.2, -0.15) is 8.78 Å². The molecule has 4 aromatic rings. The largest absolute Gasteiger partial charge is 0.301 e. The molecule has 0 bridgehead atoms. The van der Waals surface area contributed by atoms with Gasteiger partial charge in [-0.15, -0.1) is 11.8 Å². The van der Waals surface area contributed by atoms with E-state index in [9.17, 15) is 13.2 Å². The van der Waals surface area contributed by atoms with E-state index in [1.54, 1.807) is 24.8 Å². The Morgan fingerprint density at radius 1 is 0.951 bits per heavy atom. The van der Waals surface area contributed by atoms with Crippen LogP contribution in [0.15, 0.2) is 83.9 Å². The Hall–Kier alpha value is -4.20. The van der Waals surface area contributed by atoms with E-state index in [0.717, 1.165) is 28.7 Å². The van der Waals surface area contributed by atoms with Crippen LogP contribution in [0.25, 0.3) is 0 Å². The summed E-state index contributed by atoms with van der Waals surface area (Å²) in [5.74, 6) is 4.17. The number of rotatable bonds is 9. The van der Waals surface area contributed by atoms with Crippen LogP contribution in [0, 0.1) is 41.6 Å². The number of hydrazine groups is 1. The fourth-order valence-corrected chi connectivity index (χ4v) is 4.81. The highest BCUT2D eigenvalue weighted by Crippen LogP contribution is 2.42. The summed E-state index contributed by atoms with van der Waals surface area (Å²) in [4.78, 5) is 4.86. The third kappa shape index (κ3) is 7.51. The maximum absolute atomic E-state index is 15.6. The Morgan fingerprint density at radius 3 is 2.29 bits per heavy atom. The lowest BCUT2D eigenvalue weighted by atomic mass is 9.89. The number of thioether (sulfide) groups is 1. The van der Waals surface area contributed by atoms with Crippen molar-refractivity contribution >= 4 is 18.1 Å². The summed E-state index contributed by atoms with van der Waals surface area (Å²) >= 11 is 1.56. The highest BCUT2D eigenvalue weighted by Gasteiger charge is 2.45. The summed E-state index contributed by atoms with van der Waals surface area (Å²) in [5, 5.41) is 7.91. The van der Waals surface area contributed by atoms with Crippen LogP contribution in [0.1, 0.15) is 39.4 Å². The molecule has 0 saturated carbocycles. The summed E-state index contributed by atoms with van der Waals surface area (Å²) < 4.78 is 72.8. The van der Waals surface area contributed by atoms with Crippen LogP contribution < -0.4 is 5.84 Å². The third-order valence-electron chi connectivity index (χ3n) is 6.29. The minimum absolute atomic E-state index is 0.230. The van der Waals surface area contributed by atoms with Gasteiger partial charge in [-0.3, -0.25) is 10.4 Å². The van der Waals surface area contributed by atoms with Gasteiger partial charge in [-0.25, -0.2) is 19.0 Å². The molecule has 0 aliphatic carbocycles. The van der Waals surface area contributed by atoms with Crippen molar-refractivity contribution in [3.8, 4) is 11.8 Å². The molecule has 0 aliphatic heterocycles. The minimum atomic E-state index is -3.71. The molecular formula is C31H25F5N4S. The Labute approximate surface area is 238 Å². The smallest absolute Gasteiger partial charge is 0.298 e. The molecule has 0 spiro atoms. The molecule has 1 atom stereocenters. The van der Waals surface area contributed by atoms with Crippen molar-refractivity contribution in [1.29, 1.82) is 5.41 Å². The number of hydrogen-bond acceptors (Lipinski definition) is 4. The maximum Gasteiger partial charge on any atom is 0.298 e. The second kappa shape index (κ2) is 13.0. The molecule has 0 radical (unpaired) electrons. The number of pyridine rings is 1. The summed E-state index contributed by atoms with van der Waals surface area (Å²) in [5.41, 5.74) is 1.47. The fourth-order valence-electron chi connectivity index (χ4n) is 3.97. The summed E-state index contributed by atoms with van der Waals surface area (Å²) in [7, 11) is 0. The number of hydrogen-bond donors (Lipinski definition) is 2. The molecule has 41 heavy (non-hydrogen) atoms. The van der Waals surface area contributed by atoms with Gasteiger partial charge in [-0.1, -0.05) is 30.0 Å². The van der Waals surface area contributed by atoms with E-state index in [0.29, 0.717) is 39.9 Å². The van der Waals surface area contributed by atoms with E-state index in [4.69, 9.17) is 11.3 Å². The number of alkyl halides is 2. The SMILES string of the molecule is Cc1ccc(CSc2ccc(C#Cc3ccc(C(F)(F)C(CN(N)C=N)c4ccc(F)cc4F)nc3)cc2)cc1F. The van der Waals surface area contributed by atoms with Crippen molar-refractivity contribution in [3.05, 3.63) is 130 Å². The van der Waals surface area contributed by atoms with E-state index in [1.807, 2.05) is 30.3 Å². The van der Waals surface area contributed by atoms with E-state index >= 15 is 8.78 Å². The zero-order valence-corrected chi connectivity index (χ0v) is 22.7. The maximum atomic E-state index is 15.6. The van der Waals surface area contributed by atoms with E-state index in [2.05, 4.69) is 16.8 Å². The van der Waals surface area contributed by atoms with Crippen LogP contribution in [-0.2, 0) is 11.7 Å². The second-order valence-corrected chi connectivity index (χ2v) is 10.3. The first-order valence-electron chi connectivity index (χ1n) is 12.4. The molecule has 10 heteroatoms. The zero-order valence-electron chi connectivity index (χ0n) is 21.8. The fraction of sp³-hybridized carbons (Fsp3) is 0.161. The molecule has 1 heterocycles. The zero-order chi connectivity index (χ0) is 29.6. The van der Waals surface area contributed by atoms with Crippen molar-refractivity contribution in [3.63, 3.8) is 0 Å². The quantitative estimate of drug-likeness (QED) is 0.0420. The Balaban J connectivity index is 1.46. The number of nitrogens with two attached hydrogens (primary N) is 1. The van der Waals surface area contributed by atoms with E-state index in [-0.39, 0.29) is 5.82 Å². The average molecular weight is 581 g/mol. The predicted molar refractivity (Wildman–Crippen MR) is 150 cm³/mol. The van der Waals surface area contributed by atoms with Crippen molar-refractivity contribution in [2.45, 2.75) is 29.4 Å². The molecule has 3 aromatic carbocycles. The summed E-state index contributed by atoms with van der Waals surface area (Å²) in [6.45, 7) is 1.11. The van der Waals surface area contributed by atoms with Crippen LogP contribution in [0.4, 0.5) is 22.0 Å². The lowest BCUT2D eigenvalue weighted by molar-refractivity contribution is -0.0443. The molecule has 1 aromatic heterocycles. The topological polar surface area (TPSA) is 66.0 Å². The number of aryl methyl sites for hydroxylation is 1. The Morgan fingerprint density at radius 2 is 1.66 bits per heavy atom. The Kier molecular flexibility index (Phi) is 9.42. The first-order valence-corrected chi connectivity index (χ1v) is 13.4. The van der Waals surface area contributed by atoms with Crippen LogP contribution in [0.2, 0.25) is 0 Å². The number of nitrogens with zero attached hydrogens (tertiary/aromatic N) is 2. The first kappa shape index (κ1) is 29.8. The van der Waals surface area contributed by atoms with E-state index < -0.39 is 41.3 Å². The van der Waals surface area contributed by atoms with Crippen LogP contribution in [0.3, 0.4) is 0 Å². The van der Waals surface area contributed by atoms with Crippen LogP contribution in [0.5, 0.6) is 0 Å². The van der Waals surface area contributed by atoms with Gasteiger partial charge in [0.2, 0.25) is 0 Å². The van der Waals surface area contributed by atoms with Gasteiger partial charge in [0.15, 0.2) is 0 Å².